The van der Waals surface area contributed by atoms with E-state index >= 15 is 0 Å². The SMILES string of the molecule is COc1cccc(OC)c1/C(=C/C(=N)C(=O)NC1(C2OC2OC(C)(C)C)C2CC3CC(C2)CC1C3)Nc1ccc(OCCCBr)cc1C(C)C. The molecule has 9 nitrogen and oxygen atoms in total. The highest BCUT2D eigenvalue weighted by Gasteiger charge is 2.68. The van der Waals surface area contributed by atoms with Crippen LogP contribution in [0.1, 0.15) is 90.2 Å². The Kier molecular flexibility index (Phi) is 10.9. The van der Waals surface area contributed by atoms with Gasteiger partial charge in [0.1, 0.15) is 29.1 Å². The van der Waals surface area contributed by atoms with Gasteiger partial charge in [-0.2, -0.15) is 0 Å². The highest BCUT2D eigenvalue weighted by atomic mass is 79.9. The number of carbonyl (C=O) groups excluding carboxylic acids is 1. The maximum atomic E-state index is 14.4. The summed E-state index contributed by atoms with van der Waals surface area (Å²) in [5.74, 6) is 3.66. The van der Waals surface area contributed by atoms with Crippen LogP contribution >= 0.6 is 15.9 Å². The molecule has 1 aliphatic heterocycles. The smallest absolute Gasteiger partial charge is 0.269 e. The lowest BCUT2D eigenvalue weighted by molar-refractivity contribution is -0.128. The van der Waals surface area contributed by atoms with Crippen LogP contribution in [0.5, 0.6) is 17.2 Å². The normalized spacial score (nSPS) is 28.4. The maximum Gasteiger partial charge on any atom is 0.269 e. The van der Waals surface area contributed by atoms with E-state index in [1.807, 2.05) is 51.1 Å². The van der Waals surface area contributed by atoms with Crippen LogP contribution in [0.15, 0.2) is 42.5 Å². The number of epoxide rings is 1. The first-order chi connectivity index (χ1) is 23.9. The standard InChI is InChI=1S/C40H54BrN3O6/c1-23(2)29-21-28(48-15-9-14-41)12-13-31(29)43-32(35-33(46-6)10-8-11-34(35)47-7)22-30(42)37(45)44-40(36-38(49-36)50-39(3,4)5)26-17-24-16-25(19-26)20-27(40)18-24/h8,10-13,21-27,36,38,42-43H,9,14-20H2,1-7H3,(H,44,45)/b32-22-,42-30?. The third kappa shape index (κ3) is 7.58. The molecule has 50 heavy (non-hydrogen) atoms. The highest BCUT2D eigenvalue weighted by molar-refractivity contribution is 9.09. The first-order valence-corrected chi connectivity index (χ1v) is 19.3. The summed E-state index contributed by atoms with van der Waals surface area (Å²) >= 11 is 3.47. The first-order valence-electron chi connectivity index (χ1n) is 18.1. The predicted molar refractivity (Wildman–Crippen MR) is 201 cm³/mol. The molecule has 0 spiro atoms. The number of amides is 1. The zero-order valence-corrected chi connectivity index (χ0v) is 32.2. The van der Waals surface area contributed by atoms with Gasteiger partial charge in [-0.15, -0.1) is 0 Å². The number of alkyl halides is 1. The van der Waals surface area contributed by atoms with Crippen molar-refractivity contribution in [3.63, 3.8) is 0 Å². The number of methoxy groups -OCH3 is 2. The summed E-state index contributed by atoms with van der Waals surface area (Å²) in [6, 6.07) is 11.5. The second-order valence-electron chi connectivity index (χ2n) is 15.8. The summed E-state index contributed by atoms with van der Waals surface area (Å²) in [6.45, 7) is 11.0. The van der Waals surface area contributed by atoms with Crippen LogP contribution in [0.2, 0.25) is 0 Å². The van der Waals surface area contributed by atoms with Crippen LogP contribution in [0.25, 0.3) is 5.70 Å². The molecule has 1 amide bonds. The van der Waals surface area contributed by atoms with E-state index in [2.05, 4.69) is 46.5 Å². The lowest BCUT2D eigenvalue weighted by Crippen LogP contribution is -2.70. The third-order valence-corrected chi connectivity index (χ3v) is 11.5. The van der Waals surface area contributed by atoms with Crippen molar-refractivity contribution in [3.8, 4) is 17.2 Å². The number of benzene rings is 2. The zero-order chi connectivity index (χ0) is 35.8. The minimum Gasteiger partial charge on any atom is -0.496 e. The summed E-state index contributed by atoms with van der Waals surface area (Å²) < 4.78 is 30.2. The summed E-state index contributed by atoms with van der Waals surface area (Å²) in [6.07, 6.45) is 7.52. The lowest BCUT2D eigenvalue weighted by Gasteiger charge is -2.61. The van der Waals surface area contributed by atoms with Gasteiger partial charge < -0.3 is 34.3 Å². The van der Waals surface area contributed by atoms with Crippen LogP contribution in [0.3, 0.4) is 0 Å². The van der Waals surface area contributed by atoms with Gasteiger partial charge in [0.2, 0.25) is 0 Å². The second kappa shape index (κ2) is 14.9. The van der Waals surface area contributed by atoms with Gasteiger partial charge in [-0.1, -0.05) is 35.8 Å². The van der Waals surface area contributed by atoms with E-state index in [0.717, 1.165) is 54.4 Å². The number of anilines is 1. The van der Waals surface area contributed by atoms with Gasteiger partial charge in [0.15, 0.2) is 6.29 Å². The molecule has 2 aromatic carbocycles. The largest absolute Gasteiger partial charge is 0.496 e. The fraction of sp³-hybridized carbons (Fsp3) is 0.600. The minimum atomic E-state index is -0.564. The van der Waals surface area contributed by atoms with E-state index < -0.39 is 11.4 Å². The third-order valence-electron chi connectivity index (χ3n) is 10.9. The van der Waals surface area contributed by atoms with E-state index in [1.165, 1.54) is 6.42 Å². The van der Waals surface area contributed by atoms with Gasteiger partial charge in [-0.25, -0.2) is 0 Å². The van der Waals surface area contributed by atoms with Crippen LogP contribution in [0.4, 0.5) is 5.69 Å². The van der Waals surface area contributed by atoms with Gasteiger partial charge in [0.25, 0.3) is 5.91 Å². The molecule has 2 aromatic rings. The molecule has 1 saturated heterocycles. The van der Waals surface area contributed by atoms with E-state index in [4.69, 9.17) is 23.7 Å². The molecule has 272 valence electrons. The van der Waals surface area contributed by atoms with Crippen molar-refractivity contribution in [2.75, 3.05) is 31.5 Å². The molecule has 10 heteroatoms. The summed E-state index contributed by atoms with van der Waals surface area (Å²) in [5, 5.41) is 17.2. The Morgan fingerprint density at radius 1 is 1.04 bits per heavy atom. The fourth-order valence-corrected chi connectivity index (χ4v) is 9.18. The maximum absolute atomic E-state index is 14.4. The molecule has 4 bridgehead atoms. The molecule has 2 atom stereocenters. The molecular formula is C40H54BrN3O6. The van der Waals surface area contributed by atoms with Crippen LogP contribution in [-0.2, 0) is 14.3 Å². The monoisotopic (exact) mass is 751 g/mol. The van der Waals surface area contributed by atoms with Crippen molar-refractivity contribution in [3.05, 3.63) is 53.6 Å². The van der Waals surface area contributed by atoms with Gasteiger partial charge >= 0.3 is 0 Å². The van der Waals surface area contributed by atoms with E-state index in [-0.39, 0.29) is 29.6 Å². The highest BCUT2D eigenvalue weighted by Crippen LogP contribution is 2.62. The number of hydrogen-bond donors (Lipinski definition) is 3. The molecule has 4 saturated carbocycles. The van der Waals surface area contributed by atoms with Crippen molar-refractivity contribution in [1.29, 1.82) is 5.41 Å². The molecule has 0 aromatic heterocycles. The van der Waals surface area contributed by atoms with Gasteiger partial charge in [0.05, 0.1) is 43.2 Å². The molecular weight excluding hydrogens is 698 g/mol. The Morgan fingerprint density at radius 3 is 2.24 bits per heavy atom. The van der Waals surface area contributed by atoms with Crippen LogP contribution in [0, 0.1) is 29.1 Å². The Labute approximate surface area is 305 Å². The van der Waals surface area contributed by atoms with Crippen molar-refractivity contribution in [1.82, 2.24) is 5.32 Å². The Bertz CT molecular complexity index is 1550. The number of rotatable bonds is 15. The lowest BCUT2D eigenvalue weighted by atomic mass is 9.47. The van der Waals surface area contributed by atoms with E-state index in [1.54, 1.807) is 20.3 Å². The van der Waals surface area contributed by atoms with Gasteiger partial charge in [-0.3, -0.25) is 10.2 Å². The number of ether oxygens (including phenoxy) is 5. The fourth-order valence-electron chi connectivity index (χ4n) is 8.95. The first kappa shape index (κ1) is 36.7. The zero-order valence-electron chi connectivity index (χ0n) is 30.6. The predicted octanol–water partition coefficient (Wildman–Crippen LogP) is 8.31. The van der Waals surface area contributed by atoms with E-state index in [0.29, 0.717) is 53.0 Å². The summed E-state index contributed by atoms with van der Waals surface area (Å²) in [7, 11) is 3.21. The average Bonchev–Trinajstić information content (AvgIpc) is 3.83. The number of halogens is 1. The number of carbonyl (C=O) groups is 1. The van der Waals surface area contributed by atoms with Crippen LogP contribution in [-0.4, -0.2) is 61.3 Å². The summed E-state index contributed by atoms with van der Waals surface area (Å²) in [5.41, 5.74) is 1.93. The number of hydrogen-bond acceptors (Lipinski definition) is 8. The Hall–Kier alpha value is -3.08. The Balaban J connectivity index is 1.34. The van der Waals surface area contributed by atoms with Crippen molar-refractivity contribution in [2.45, 2.75) is 103 Å². The van der Waals surface area contributed by atoms with E-state index in [9.17, 15) is 10.2 Å². The Morgan fingerprint density at radius 2 is 1.68 bits per heavy atom. The van der Waals surface area contributed by atoms with Crippen molar-refractivity contribution >= 4 is 38.9 Å². The molecule has 3 N–H and O–H groups in total. The average molecular weight is 753 g/mol. The van der Waals surface area contributed by atoms with Gasteiger partial charge in [-0.05, 0) is 131 Å². The molecule has 0 radical (unpaired) electrons. The molecule has 2 unspecified atom stereocenters. The van der Waals surface area contributed by atoms with Crippen molar-refractivity contribution in [2.24, 2.45) is 23.7 Å². The molecule has 1 heterocycles. The molecule has 5 fully saturated rings. The van der Waals surface area contributed by atoms with Gasteiger partial charge in [0, 0.05) is 11.0 Å². The second-order valence-corrected chi connectivity index (χ2v) is 16.6. The minimum absolute atomic E-state index is 0.164. The quantitative estimate of drug-likeness (QED) is 0.0726. The molecule has 7 rings (SSSR count). The molecule has 4 aliphatic carbocycles. The number of nitrogens with one attached hydrogen (secondary N) is 3. The summed E-state index contributed by atoms with van der Waals surface area (Å²) in [4.78, 5) is 14.4. The topological polar surface area (TPSA) is 114 Å². The van der Waals surface area contributed by atoms with Crippen LogP contribution < -0.4 is 24.8 Å². The van der Waals surface area contributed by atoms with Crippen molar-refractivity contribution < 1.29 is 28.5 Å². The molecule has 5 aliphatic rings.